The molecule has 0 spiro atoms. The molecule has 2 bridgehead atoms. The molecule has 1 fully saturated rings. The van der Waals surface area contributed by atoms with Crippen LogP contribution >= 0.6 is 0 Å². The monoisotopic (exact) mass is 772 g/mol. The zero-order valence-electron chi connectivity index (χ0n) is 29.5. The van der Waals surface area contributed by atoms with E-state index < -0.39 is 77.5 Å². The number of carboxylic acids is 1. The number of hydrogen-bond acceptors (Lipinski definition) is 6. The smallest absolute Gasteiger partial charge is 0.481 e. The summed E-state index contributed by atoms with van der Waals surface area (Å²) in [6, 6.07) is 0.827. The fraction of sp³-hybridized carbons (Fsp3) is 0.514. The Morgan fingerprint density at radius 1 is 0.981 bits per heavy atom. The number of nitrogens with zero attached hydrogens (tertiary/aromatic N) is 3. The first kappa shape index (κ1) is 40.8. The van der Waals surface area contributed by atoms with E-state index in [1.54, 1.807) is 11.8 Å². The second-order valence-corrected chi connectivity index (χ2v) is 13.9. The maximum absolute atomic E-state index is 16.0. The van der Waals surface area contributed by atoms with Crippen LogP contribution in [-0.4, -0.2) is 63.5 Å². The first-order valence-corrected chi connectivity index (χ1v) is 17.6. The van der Waals surface area contributed by atoms with Crippen molar-refractivity contribution in [2.75, 3.05) is 19.6 Å². The third kappa shape index (κ3) is 10.0. The third-order valence-corrected chi connectivity index (χ3v) is 9.87. The number of carboxylic acid groups (broad SMARTS) is 1. The molecular formula is C37H40F8N4O5. The molecular weight excluding hydrogens is 732 g/mol. The van der Waals surface area contributed by atoms with Crippen LogP contribution in [0.25, 0.3) is 11.1 Å². The summed E-state index contributed by atoms with van der Waals surface area (Å²) >= 11 is 0. The Morgan fingerprint density at radius 2 is 1.67 bits per heavy atom. The van der Waals surface area contributed by atoms with Crippen molar-refractivity contribution in [2.24, 2.45) is 0 Å². The lowest BCUT2D eigenvalue weighted by Gasteiger charge is -2.39. The second-order valence-electron chi connectivity index (χ2n) is 13.9. The second kappa shape index (κ2) is 16.6. The summed E-state index contributed by atoms with van der Waals surface area (Å²) in [6.45, 7) is 3.39. The van der Waals surface area contributed by atoms with E-state index in [-0.39, 0.29) is 49.2 Å². The molecule has 2 atom stereocenters. The minimum Gasteiger partial charge on any atom is -0.481 e. The van der Waals surface area contributed by atoms with Crippen molar-refractivity contribution in [1.29, 1.82) is 0 Å². The quantitative estimate of drug-likeness (QED) is 0.242. The van der Waals surface area contributed by atoms with Gasteiger partial charge in [0.15, 0.2) is 0 Å². The van der Waals surface area contributed by atoms with E-state index in [2.05, 4.69) is 15.0 Å². The Hall–Kier alpha value is -4.38. The highest BCUT2D eigenvalue weighted by atomic mass is 19.4. The number of likely N-dealkylation sites (tertiary alicyclic amines) is 1. The predicted octanol–water partition coefficient (Wildman–Crippen LogP) is 7.36. The number of amides is 1. The van der Waals surface area contributed by atoms with Gasteiger partial charge in [0, 0.05) is 37.1 Å². The van der Waals surface area contributed by atoms with Crippen LogP contribution in [0, 0.1) is 25.5 Å². The molecule has 1 saturated heterocycles. The normalized spacial score (nSPS) is 19.6. The Morgan fingerprint density at radius 3 is 2.33 bits per heavy atom. The summed E-state index contributed by atoms with van der Waals surface area (Å²) in [5.74, 6) is -4.91. The first-order chi connectivity index (χ1) is 25.3. The van der Waals surface area contributed by atoms with E-state index in [1.807, 2.05) is 0 Å². The van der Waals surface area contributed by atoms with Gasteiger partial charge in [-0.2, -0.15) is 18.2 Å². The van der Waals surface area contributed by atoms with Crippen molar-refractivity contribution < 1.29 is 54.6 Å². The largest absolute Gasteiger partial charge is 0.522 e. The molecule has 0 aliphatic carbocycles. The van der Waals surface area contributed by atoms with Gasteiger partial charge in [0.25, 0.3) is 0 Å². The molecule has 9 nitrogen and oxygen atoms in total. The van der Waals surface area contributed by atoms with Crippen molar-refractivity contribution >= 4 is 11.9 Å². The number of fused-ring (bicyclic) bond motifs is 4. The molecule has 2 aliphatic rings. The van der Waals surface area contributed by atoms with Crippen LogP contribution in [0.4, 0.5) is 35.1 Å². The fourth-order valence-electron chi connectivity index (χ4n) is 7.24. The van der Waals surface area contributed by atoms with Gasteiger partial charge < -0.3 is 10.4 Å². The SMILES string of the molecule is Cc1cc(F)cc2c1-c1cc(c(F)c(C(F)(F)F)c1)[C@H](CC(=O)O)NC(=O)[C@@H](n1cc(CCN3CC(OC(F)(F)F)C3)c(C)nc1=O)CCCCCCC2. The number of rotatable bonds is 7. The van der Waals surface area contributed by atoms with Crippen molar-refractivity contribution in [2.45, 2.75) is 102 Å². The molecule has 2 N–H and O–H groups in total. The average molecular weight is 773 g/mol. The zero-order valence-corrected chi connectivity index (χ0v) is 29.5. The van der Waals surface area contributed by atoms with Gasteiger partial charge in [0.1, 0.15) is 17.7 Å². The maximum atomic E-state index is 16.0. The van der Waals surface area contributed by atoms with Crippen LogP contribution in [-0.2, 0) is 33.3 Å². The number of ether oxygens (including phenoxy) is 1. The molecule has 2 aliphatic heterocycles. The molecule has 3 heterocycles. The van der Waals surface area contributed by atoms with Crippen molar-refractivity contribution in [3.05, 3.63) is 86.1 Å². The lowest BCUT2D eigenvalue weighted by atomic mass is 9.87. The minimum atomic E-state index is -5.23. The predicted molar refractivity (Wildman–Crippen MR) is 179 cm³/mol. The molecule has 3 aromatic rings. The van der Waals surface area contributed by atoms with Gasteiger partial charge in [-0.1, -0.05) is 25.7 Å². The van der Waals surface area contributed by atoms with E-state index in [9.17, 15) is 50.2 Å². The lowest BCUT2D eigenvalue weighted by molar-refractivity contribution is -0.354. The third-order valence-electron chi connectivity index (χ3n) is 9.87. The summed E-state index contributed by atoms with van der Waals surface area (Å²) < 4.78 is 116. The van der Waals surface area contributed by atoms with Gasteiger partial charge in [0.2, 0.25) is 5.91 Å². The molecule has 0 saturated carbocycles. The van der Waals surface area contributed by atoms with E-state index in [1.165, 1.54) is 19.2 Å². The molecule has 0 radical (unpaired) electrons. The summed E-state index contributed by atoms with van der Waals surface area (Å²) in [6.07, 6.45) is -7.25. The summed E-state index contributed by atoms with van der Waals surface area (Å²) in [4.78, 5) is 45.2. The molecule has 5 rings (SSSR count). The number of carbonyl (C=O) groups excluding carboxylic acids is 1. The number of aromatic nitrogens is 2. The minimum absolute atomic E-state index is 0.0253. The van der Waals surface area contributed by atoms with Crippen LogP contribution < -0.4 is 11.0 Å². The molecule has 1 aromatic heterocycles. The van der Waals surface area contributed by atoms with Gasteiger partial charge >= 0.3 is 24.2 Å². The number of benzene rings is 2. The Labute approximate surface area is 305 Å². The van der Waals surface area contributed by atoms with Gasteiger partial charge in [-0.25, -0.2) is 13.6 Å². The highest BCUT2D eigenvalue weighted by Crippen LogP contribution is 2.41. The molecule has 17 heteroatoms. The van der Waals surface area contributed by atoms with Crippen molar-refractivity contribution in [1.82, 2.24) is 19.8 Å². The maximum Gasteiger partial charge on any atom is 0.522 e. The van der Waals surface area contributed by atoms with Crippen molar-refractivity contribution in [3.63, 3.8) is 0 Å². The van der Waals surface area contributed by atoms with E-state index in [0.717, 1.165) is 16.7 Å². The molecule has 294 valence electrons. The number of aliphatic carboxylic acids is 1. The molecule has 0 unspecified atom stereocenters. The Bertz CT molecular complexity index is 1920. The summed E-state index contributed by atoms with van der Waals surface area (Å²) in [5, 5.41) is 12.2. The zero-order chi connectivity index (χ0) is 39.5. The number of hydrogen-bond donors (Lipinski definition) is 2. The topological polar surface area (TPSA) is 114 Å². The standard InChI is InChI=1S/C37H40F8N4O5/c1-20-12-25(38)13-22-8-6-4-3-5-7-9-30(49-17-23(21(2)46-35(49)53)10-11-48-18-26(19-48)54-37(43,44)45)34(52)47-29(16-31(50)51)27-14-24(32(20)22)15-28(33(27)39)36(40,41)42/h12-15,17,26,29-30H,3-11,16,18-19H2,1-2H3,(H,47,52)(H,50,51)/t29-,30-/m0/s1. The lowest BCUT2D eigenvalue weighted by Crippen LogP contribution is -2.54. The van der Waals surface area contributed by atoms with Crippen LogP contribution in [0.1, 0.15) is 90.5 Å². The Kier molecular flexibility index (Phi) is 12.5. The van der Waals surface area contributed by atoms with Crippen LogP contribution in [0.15, 0.2) is 35.3 Å². The highest BCUT2D eigenvalue weighted by Gasteiger charge is 2.40. The van der Waals surface area contributed by atoms with Gasteiger partial charge in [-0.3, -0.25) is 23.8 Å². The molecule has 2 aromatic carbocycles. The Balaban J connectivity index is 1.54. The van der Waals surface area contributed by atoms with Crippen LogP contribution in [0.5, 0.6) is 0 Å². The molecule has 1 amide bonds. The summed E-state index contributed by atoms with van der Waals surface area (Å²) in [7, 11) is 0. The highest BCUT2D eigenvalue weighted by molar-refractivity contribution is 5.82. The van der Waals surface area contributed by atoms with Crippen LogP contribution in [0.2, 0.25) is 0 Å². The van der Waals surface area contributed by atoms with E-state index in [0.29, 0.717) is 61.4 Å². The first-order valence-electron chi connectivity index (χ1n) is 17.6. The number of nitrogens with one attached hydrogen (secondary N) is 1. The van der Waals surface area contributed by atoms with Gasteiger partial charge in [-0.05, 0) is 91.6 Å². The fourth-order valence-corrected chi connectivity index (χ4v) is 7.24. The van der Waals surface area contributed by atoms with E-state index in [4.69, 9.17) is 0 Å². The number of alkyl halides is 6. The van der Waals surface area contributed by atoms with Gasteiger partial charge in [-0.15, -0.1) is 13.2 Å². The van der Waals surface area contributed by atoms with Gasteiger partial charge in [0.05, 0.1) is 24.1 Å². The average Bonchev–Trinajstić information content (AvgIpc) is 3.02. The molecule has 54 heavy (non-hydrogen) atoms. The number of aryl methyl sites for hydroxylation is 3. The summed E-state index contributed by atoms with van der Waals surface area (Å²) in [5.41, 5.74) is -1.71. The van der Waals surface area contributed by atoms with Crippen molar-refractivity contribution in [3.8, 4) is 11.1 Å². The van der Waals surface area contributed by atoms with E-state index >= 15 is 4.39 Å². The van der Waals surface area contributed by atoms with Crippen LogP contribution in [0.3, 0.4) is 0 Å². The number of halogens is 8. The number of carbonyl (C=O) groups is 2.